The van der Waals surface area contributed by atoms with E-state index in [-0.39, 0.29) is 5.56 Å². The summed E-state index contributed by atoms with van der Waals surface area (Å²) >= 11 is 0. The van der Waals surface area contributed by atoms with Crippen LogP contribution >= 0.6 is 0 Å². The molecular formula is C27H25N3O4. The number of anilines is 1. The van der Waals surface area contributed by atoms with Gasteiger partial charge in [-0.2, -0.15) is 5.10 Å². The SMILES string of the molecule is CCn1nc(-c2ccccc2)c(-c2ccccc2)c(C(=O)Nc2ccc(OC)c(OC)c2)c1=O. The van der Waals surface area contributed by atoms with Gasteiger partial charge >= 0.3 is 0 Å². The predicted octanol–water partition coefficient (Wildman–Crippen LogP) is 4.87. The molecule has 0 fully saturated rings. The molecule has 0 aliphatic carbocycles. The van der Waals surface area contributed by atoms with Crippen molar-refractivity contribution >= 4 is 11.6 Å². The molecule has 4 rings (SSSR count). The maximum Gasteiger partial charge on any atom is 0.280 e. The van der Waals surface area contributed by atoms with Crippen molar-refractivity contribution in [2.24, 2.45) is 0 Å². The van der Waals surface area contributed by atoms with Crippen molar-refractivity contribution in [2.75, 3.05) is 19.5 Å². The van der Waals surface area contributed by atoms with Crippen LogP contribution in [0.25, 0.3) is 22.4 Å². The van der Waals surface area contributed by atoms with E-state index in [1.165, 1.54) is 18.9 Å². The third-order valence-corrected chi connectivity index (χ3v) is 5.43. The molecule has 3 aromatic carbocycles. The van der Waals surface area contributed by atoms with E-state index in [9.17, 15) is 9.59 Å². The zero-order chi connectivity index (χ0) is 24.1. The highest BCUT2D eigenvalue weighted by molar-refractivity contribution is 6.10. The minimum atomic E-state index is -0.530. The lowest BCUT2D eigenvalue weighted by Crippen LogP contribution is -2.32. The number of hydrogen-bond acceptors (Lipinski definition) is 5. The zero-order valence-electron chi connectivity index (χ0n) is 19.2. The van der Waals surface area contributed by atoms with Crippen LogP contribution in [-0.2, 0) is 6.54 Å². The molecule has 1 heterocycles. The molecule has 0 atom stereocenters. The fraction of sp³-hybridized carbons (Fsp3) is 0.148. The van der Waals surface area contributed by atoms with Gasteiger partial charge < -0.3 is 14.8 Å². The smallest absolute Gasteiger partial charge is 0.280 e. The second-order valence-corrected chi connectivity index (χ2v) is 7.48. The number of methoxy groups -OCH3 is 2. The highest BCUT2D eigenvalue weighted by atomic mass is 16.5. The molecule has 0 bridgehead atoms. The molecule has 0 aliphatic heterocycles. The van der Waals surface area contributed by atoms with Crippen molar-refractivity contribution in [3.63, 3.8) is 0 Å². The standard InChI is InChI=1S/C27H25N3O4/c1-4-30-27(32)24(26(31)28-20-15-16-21(33-2)22(17-20)34-3)23(18-11-7-5-8-12-18)25(29-30)19-13-9-6-10-14-19/h5-17H,4H2,1-3H3,(H,28,31). The Kier molecular flexibility index (Phi) is 6.73. The predicted molar refractivity (Wildman–Crippen MR) is 133 cm³/mol. The minimum Gasteiger partial charge on any atom is -0.493 e. The molecule has 1 N–H and O–H groups in total. The van der Waals surface area contributed by atoms with Crippen molar-refractivity contribution in [1.82, 2.24) is 9.78 Å². The van der Waals surface area contributed by atoms with Crippen LogP contribution in [0.15, 0.2) is 83.7 Å². The van der Waals surface area contributed by atoms with E-state index in [2.05, 4.69) is 10.4 Å². The number of amides is 1. The summed E-state index contributed by atoms with van der Waals surface area (Å²) in [5.41, 5.74) is 2.62. The van der Waals surface area contributed by atoms with Crippen molar-refractivity contribution < 1.29 is 14.3 Å². The molecule has 0 saturated heterocycles. The summed E-state index contributed by atoms with van der Waals surface area (Å²) in [7, 11) is 3.06. The highest BCUT2D eigenvalue weighted by Crippen LogP contribution is 2.33. The van der Waals surface area contributed by atoms with E-state index in [0.717, 1.165) is 11.1 Å². The maximum absolute atomic E-state index is 13.6. The molecule has 7 heteroatoms. The van der Waals surface area contributed by atoms with E-state index >= 15 is 0 Å². The number of benzene rings is 3. The number of hydrogen-bond donors (Lipinski definition) is 1. The molecule has 7 nitrogen and oxygen atoms in total. The Bertz CT molecular complexity index is 1370. The van der Waals surface area contributed by atoms with E-state index in [4.69, 9.17) is 9.47 Å². The lowest BCUT2D eigenvalue weighted by Gasteiger charge is -2.17. The summed E-state index contributed by atoms with van der Waals surface area (Å²) in [6.45, 7) is 2.14. The van der Waals surface area contributed by atoms with Crippen LogP contribution in [0.1, 0.15) is 17.3 Å². The second kappa shape index (κ2) is 10.0. The summed E-state index contributed by atoms with van der Waals surface area (Å²) in [6, 6.07) is 23.9. The van der Waals surface area contributed by atoms with Crippen LogP contribution in [0.4, 0.5) is 5.69 Å². The van der Waals surface area contributed by atoms with Gasteiger partial charge in [0.1, 0.15) is 5.56 Å². The van der Waals surface area contributed by atoms with Gasteiger partial charge in [0.05, 0.1) is 19.9 Å². The minimum absolute atomic E-state index is 0.0247. The molecule has 0 aliphatic rings. The van der Waals surface area contributed by atoms with Crippen molar-refractivity contribution in [1.29, 1.82) is 0 Å². The number of ether oxygens (including phenoxy) is 2. The van der Waals surface area contributed by atoms with Gasteiger partial charge in [0.15, 0.2) is 11.5 Å². The number of carbonyl (C=O) groups is 1. The first-order valence-electron chi connectivity index (χ1n) is 10.9. The highest BCUT2D eigenvalue weighted by Gasteiger charge is 2.25. The first-order valence-corrected chi connectivity index (χ1v) is 10.9. The van der Waals surface area contributed by atoms with Crippen LogP contribution in [0.2, 0.25) is 0 Å². The maximum atomic E-state index is 13.6. The monoisotopic (exact) mass is 455 g/mol. The van der Waals surface area contributed by atoms with Crippen LogP contribution in [0.3, 0.4) is 0 Å². The Morgan fingerprint density at radius 1 is 0.882 bits per heavy atom. The summed E-state index contributed by atoms with van der Waals surface area (Å²) in [5, 5.41) is 7.47. The van der Waals surface area contributed by atoms with Gasteiger partial charge in [-0.25, -0.2) is 4.68 Å². The molecule has 0 unspecified atom stereocenters. The molecule has 0 saturated carbocycles. The average molecular weight is 456 g/mol. The van der Waals surface area contributed by atoms with Gasteiger partial charge in [0.2, 0.25) is 0 Å². The van der Waals surface area contributed by atoms with Crippen molar-refractivity contribution in [3.8, 4) is 33.9 Å². The molecule has 4 aromatic rings. The van der Waals surface area contributed by atoms with Gasteiger partial charge in [-0.1, -0.05) is 60.7 Å². The van der Waals surface area contributed by atoms with E-state index in [1.807, 2.05) is 67.6 Å². The second-order valence-electron chi connectivity index (χ2n) is 7.48. The Hall–Kier alpha value is -4.39. The van der Waals surface area contributed by atoms with Gasteiger partial charge in [-0.3, -0.25) is 9.59 Å². The summed E-state index contributed by atoms with van der Waals surface area (Å²) in [6.07, 6.45) is 0. The zero-order valence-corrected chi connectivity index (χ0v) is 19.2. The number of aryl methyl sites for hydroxylation is 1. The van der Waals surface area contributed by atoms with E-state index < -0.39 is 11.5 Å². The fourth-order valence-electron chi connectivity index (χ4n) is 3.79. The Morgan fingerprint density at radius 3 is 2.09 bits per heavy atom. The first kappa shape index (κ1) is 22.8. The number of nitrogens with zero attached hydrogens (tertiary/aromatic N) is 2. The number of rotatable bonds is 7. The lowest BCUT2D eigenvalue weighted by atomic mass is 9.95. The number of aromatic nitrogens is 2. The van der Waals surface area contributed by atoms with Crippen LogP contribution in [0, 0.1) is 0 Å². The molecule has 0 radical (unpaired) electrons. The Balaban J connectivity index is 1.92. The summed E-state index contributed by atoms with van der Waals surface area (Å²) in [5.74, 6) is 0.473. The van der Waals surface area contributed by atoms with Crippen molar-refractivity contribution in [3.05, 3.63) is 94.8 Å². The number of nitrogens with one attached hydrogen (secondary N) is 1. The van der Waals surface area contributed by atoms with Crippen LogP contribution < -0.4 is 20.3 Å². The topological polar surface area (TPSA) is 82.5 Å². The third kappa shape index (κ3) is 4.41. The molecule has 34 heavy (non-hydrogen) atoms. The molecular weight excluding hydrogens is 430 g/mol. The van der Waals surface area contributed by atoms with Gasteiger partial charge in [0, 0.05) is 29.4 Å². The van der Waals surface area contributed by atoms with Gasteiger partial charge in [-0.15, -0.1) is 0 Å². The largest absolute Gasteiger partial charge is 0.493 e. The van der Waals surface area contributed by atoms with E-state index in [0.29, 0.717) is 35.0 Å². The quantitative estimate of drug-likeness (QED) is 0.430. The molecule has 1 aromatic heterocycles. The first-order chi connectivity index (χ1) is 16.6. The van der Waals surface area contributed by atoms with Crippen molar-refractivity contribution in [2.45, 2.75) is 13.5 Å². The number of carbonyl (C=O) groups excluding carboxylic acids is 1. The van der Waals surface area contributed by atoms with Gasteiger partial charge in [-0.05, 0) is 24.6 Å². The normalized spacial score (nSPS) is 10.6. The molecule has 172 valence electrons. The average Bonchev–Trinajstić information content (AvgIpc) is 2.89. The van der Waals surface area contributed by atoms with E-state index in [1.54, 1.807) is 18.2 Å². The van der Waals surface area contributed by atoms with Crippen LogP contribution in [0.5, 0.6) is 11.5 Å². The Morgan fingerprint density at radius 2 is 1.50 bits per heavy atom. The van der Waals surface area contributed by atoms with Gasteiger partial charge in [0.25, 0.3) is 11.5 Å². The summed E-state index contributed by atoms with van der Waals surface area (Å²) in [4.78, 5) is 27.0. The lowest BCUT2D eigenvalue weighted by molar-refractivity contribution is 0.102. The summed E-state index contributed by atoms with van der Waals surface area (Å²) < 4.78 is 11.9. The molecule has 0 spiro atoms. The van der Waals surface area contributed by atoms with Crippen LogP contribution in [-0.4, -0.2) is 29.9 Å². The fourth-order valence-corrected chi connectivity index (χ4v) is 3.79. The third-order valence-electron chi connectivity index (χ3n) is 5.43. The molecule has 1 amide bonds. The Labute approximate surface area is 197 Å².